The lowest BCUT2D eigenvalue weighted by atomic mass is 9.98. The fourth-order valence-electron chi connectivity index (χ4n) is 2.59. The van der Waals surface area contributed by atoms with E-state index in [1.54, 1.807) is 4.90 Å². The number of anilines is 1. The second kappa shape index (κ2) is 5.93. The second-order valence-electron chi connectivity index (χ2n) is 5.22. The molecule has 0 radical (unpaired) electrons. The average Bonchev–Trinajstić information content (AvgIpc) is 2.75. The number of sulfone groups is 1. The summed E-state index contributed by atoms with van der Waals surface area (Å²) in [6.45, 7) is 1.17. The molecule has 20 heavy (non-hydrogen) atoms. The molecule has 1 amide bonds. The van der Waals surface area contributed by atoms with Crippen LogP contribution in [0.15, 0.2) is 24.3 Å². The molecular formula is C14H20N2O3S. The number of nitrogens with zero attached hydrogens (tertiary/aromatic N) is 1. The highest BCUT2D eigenvalue weighted by molar-refractivity contribution is 7.90. The van der Waals surface area contributed by atoms with Gasteiger partial charge in [-0.3, -0.25) is 4.79 Å². The van der Waals surface area contributed by atoms with Crippen molar-refractivity contribution in [1.29, 1.82) is 0 Å². The lowest BCUT2D eigenvalue weighted by molar-refractivity contribution is -0.118. The van der Waals surface area contributed by atoms with Crippen LogP contribution in [0.25, 0.3) is 0 Å². The summed E-state index contributed by atoms with van der Waals surface area (Å²) in [4.78, 5) is 13.9. The third kappa shape index (κ3) is 3.37. The zero-order valence-corrected chi connectivity index (χ0v) is 12.4. The molecule has 1 unspecified atom stereocenters. The molecule has 0 fully saturated rings. The van der Waals surface area contributed by atoms with Crippen molar-refractivity contribution in [3.8, 4) is 0 Å². The van der Waals surface area contributed by atoms with Gasteiger partial charge in [0.25, 0.3) is 0 Å². The number of para-hydroxylation sites is 1. The van der Waals surface area contributed by atoms with Crippen LogP contribution in [0, 0.1) is 0 Å². The van der Waals surface area contributed by atoms with Gasteiger partial charge >= 0.3 is 0 Å². The Morgan fingerprint density at radius 2 is 2.10 bits per heavy atom. The number of rotatable bonds is 5. The molecule has 1 heterocycles. The Labute approximate surface area is 119 Å². The number of hydrogen-bond acceptors (Lipinski definition) is 4. The Hall–Kier alpha value is -1.40. The van der Waals surface area contributed by atoms with Gasteiger partial charge in [-0.1, -0.05) is 18.2 Å². The van der Waals surface area contributed by atoms with Gasteiger partial charge in [0.2, 0.25) is 5.91 Å². The molecule has 0 saturated heterocycles. The Balaban J connectivity index is 2.16. The molecule has 5 nitrogen and oxygen atoms in total. The Morgan fingerprint density at radius 3 is 2.75 bits per heavy atom. The first kappa shape index (κ1) is 15.0. The zero-order valence-electron chi connectivity index (χ0n) is 11.6. The van der Waals surface area contributed by atoms with E-state index in [4.69, 9.17) is 5.73 Å². The summed E-state index contributed by atoms with van der Waals surface area (Å²) in [6, 6.07) is 7.76. The Morgan fingerprint density at radius 1 is 1.40 bits per heavy atom. The minimum atomic E-state index is -3.12. The van der Waals surface area contributed by atoms with Gasteiger partial charge in [-0.25, -0.2) is 8.42 Å². The van der Waals surface area contributed by atoms with Gasteiger partial charge in [-0.15, -0.1) is 0 Å². The second-order valence-corrected chi connectivity index (χ2v) is 7.48. The maximum absolute atomic E-state index is 12.2. The summed E-state index contributed by atoms with van der Waals surface area (Å²) in [5, 5.41) is 0. The molecule has 1 aromatic carbocycles. The van der Waals surface area contributed by atoms with Crippen molar-refractivity contribution < 1.29 is 13.2 Å². The third-order valence-corrected chi connectivity index (χ3v) is 4.52. The van der Waals surface area contributed by atoms with E-state index in [9.17, 15) is 13.2 Å². The maximum Gasteiger partial charge on any atom is 0.228 e. The molecule has 0 aliphatic carbocycles. The molecule has 2 rings (SSSR count). The number of hydrogen-bond donors (Lipinski definition) is 1. The molecule has 0 bridgehead atoms. The molecular weight excluding hydrogens is 276 g/mol. The van der Waals surface area contributed by atoms with E-state index in [0.717, 1.165) is 23.9 Å². The maximum atomic E-state index is 12.2. The highest BCUT2D eigenvalue weighted by atomic mass is 32.2. The Bertz CT molecular complexity index is 598. The van der Waals surface area contributed by atoms with Crippen LogP contribution >= 0.6 is 0 Å². The predicted octanol–water partition coefficient (Wildman–Crippen LogP) is 0.900. The average molecular weight is 296 g/mol. The minimum absolute atomic E-state index is 0.0303. The summed E-state index contributed by atoms with van der Waals surface area (Å²) in [6.07, 6.45) is 2.00. The fourth-order valence-corrected chi connectivity index (χ4v) is 3.13. The van der Waals surface area contributed by atoms with Crippen molar-refractivity contribution in [3.05, 3.63) is 29.8 Å². The van der Waals surface area contributed by atoms with E-state index in [1.807, 2.05) is 24.3 Å². The van der Waals surface area contributed by atoms with Crippen LogP contribution in [0.3, 0.4) is 0 Å². The molecule has 110 valence electrons. The number of carbonyl (C=O) groups is 1. The third-order valence-electron chi connectivity index (χ3n) is 3.57. The minimum Gasteiger partial charge on any atom is -0.330 e. The first-order chi connectivity index (χ1) is 9.42. The van der Waals surface area contributed by atoms with Crippen LogP contribution in [0.1, 0.15) is 24.3 Å². The quantitative estimate of drug-likeness (QED) is 0.875. The van der Waals surface area contributed by atoms with Crippen LogP contribution in [-0.2, 0) is 14.6 Å². The summed E-state index contributed by atoms with van der Waals surface area (Å²) in [5.41, 5.74) is 7.64. The number of fused-ring (bicyclic) bond motifs is 1. The van der Waals surface area contributed by atoms with E-state index in [1.165, 1.54) is 0 Å². The van der Waals surface area contributed by atoms with Crippen molar-refractivity contribution in [1.82, 2.24) is 0 Å². The molecule has 1 aliphatic heterocycles. The van der Waals surface area contributed by atoms with Crippen molar-refractivity contribution in [3.63, 3.8) is 0 Å². The van der Waals surface area contributed by atoms with Crippen molar-refractivity contribution in [2.24, 2.45) is 5.73 Å². The van der Waals surface area contributed by atoms with Gasteiger partial charge < -0.3 is 10.6 Å². The van der Waals surface area contributed by atoms with Gasteiger partial charge in [0, 0.05) is 30.8 Å². The molecule has 0 spiro atoms. The molecule has 0 aromatic heterocycles. The highest BCUT2D eigenvalue weighted by Crippen LogP contribution is 2.37. The van der Waals surface area contributed by atoms with E-state index < -0.39 is 9.84 Å². The first-order valence-electron chi connectivity index (χ1n) is 6.69. The van der Waals surface area contributed by atoms with Crippen molar-refractivity contribution >= 4 is 21.4 Å². The molecule has 1 aliphatic rings. The van der Waals surface area contributed by atoms with E-state index in [0.29, 0.717) is 13.1 Å². The fraction of sp³-hybridized carbons (Fsp3) is 0.500. The zero-order chi connectivity index (χ0) is 14.8. The largest absolute Gasteiger partial charge is 0.330 e. The van der Waals surface area contributed by atoms with Crippen LogP contribution in [0.2, 0.25) is 0 Å². The number of amides is 1. The SMILES string of the molecule is CS(=O)(=O)CCC(=O)N1CC(CCN)c2ccccc21. The van der Waals surface area contributed by atoms with Crippen molar-refractivity contribution in [2.75, 3.05) is 30.0 Å². The van der Waals surface area contributed by atoms with Crippen LogP contribution in [0.4, 0.5) is 5.69 Å². The molecule has 1 atom stereocenters. The molecule has 0 saturated carbocycles. The smallest absolute Gasteiger partial charge is 0.228 e. The Kier molecular flexibility index (Phi) is 4.45. The summed E-state index contributed by atoms with van der Waals surface area (Å²) < 4.78 is 22.4. The van der Waals surface area contributed by atoms with Crippen molar-refractivity contribution in [2.45, 2.75) is 18.8 Å². The molecule has 1 aromatic rings. The van der Waals surface area contributed by atoms with E-state index >= 15 is 0 Å². The monoisotopic (exact) mass is 296 g/mol. The summed E-state index contributed by atoms with van der Waals surface area (Å²) >= 11 is 0. The van der Waals surface area contributed by atoms with E-state index in [-0.39, 0.29) is 24.0 Å². The topological polar surface area (TPSA) is 80.5 Å². The van der Waals surface area contributed by atoms with E-state index in [2.05, 4.69) is 0 Å². The predicted molar refractivity (Wildman–Crippen MR) is 79.5 cm³/mol. The molecule has 6 heteroatoms. The standard InChI is InChI=1S/C14H20N2O3S/c1-20(18,19)9-7-14(17)16-10-11(6-8-15)12-4-2-3-5-13(12)16/h2-5,11H,6-10,15H2,1H3. The van der Waals surface area contributed by atoms with Crippen LogP contribution in [0.5, 0.6) is 0 Å². The van der Waals surface area contributed by atoms with Gasteiger partial charge in [-0.2, -0.15) is 0 Å². The normalized spacial score (nSPS) is 18.1. The molecule has 2 N–H and O–H groups in total. The van der Waals surface area contributed by atoms with Crippen LogP contribution < -0.4 is 10.6 Å². The number of benzene rings is 1. The number of nitrogens with two attached hydrogens (primary N) is 1. The lowest BCUT2D eigenvalue weighted by Crippen LogP contribution is -2.31. The summed E-state index contributed by atoms with van der Waals surface area (Å²) in [7, 11) is -3.12. The van der Waals surface area contributed by atoms with Crippen LogP contribution in [-0.4, -0.2) is 39.4 Å². The summed E-state index contributed by atoms with van der Waals surface area (Å²) in [5.74, 6) is 0.00673. The first-order valence-corrected chi connectivity index (χ1v) is 8.75. The number of carbonyl (C=O) groups excluding carboxylic acids is 1. The lowest BCUT2D eigenvalue weighted by Gasteiger charge is -2.17. The highest BCUT2D eigenvalue weighted by Gasteiger charge is 2.31. The van der Waals surface area contributed by atoms with Gasteiger partial charge in [0.15, 0.2) is 0 Å². The van der Waals surface area contributed by atoms with Gasteiger partial charge in [0.1, 0.15) is 9.84 Å². The van der Waals surface area contributed by atoms with Gasteiger partial charge in [0.05, 0.1) is 5.75 Å². The van der Waals surface area contributed by atoms with Gasteiger partial charge in [-0.05, 0) is 24.6 Å².